The number of methoxy groups -OCH3 is 1. The van der Waals surface area contributed by atoms with Gasteiger partial charge in [-0.15, -0.1) is 0 Å². The zero-order valence-corrected chi connectivity index (χ0v) is 12.5. The zero-order valence-electron chi connectivity index (χ0n) is 12.5. The Hall–Kier alpha value is -2.01. The molecule has 2 aromatic heterocycles. The third kappa shape index (κ3) is 3.19. The summed E-state index contributed by atoms with van der Waals surface area (Å²) in [6, 6.07) is 6.26. The molecule has 3 heterocycles. The van der Waals surface area contributed by atoms with Crippen molar-refractivity contribution in [1.29, 1.82) is 0 Å². The molecule has 0 bridgehead atoms. The summed E-state index contributed by atoms with van der Waals surface area (Å²) < 4.78 is 5.14. The Morgan fingerprint density at radius 1 is 1.29 bits per heavy atom. The first-order valence-electron chi connectivity index (χ1n) is 7.24. The molecule has 0 N–H and O–H groups in total. The molecule has 2 aromatic rings. The second-order valence-corrected chi connectivity index (χ2v) is 5.43. The lowest BCUT2D eigenvalue weighted by Crippen LogP contribution is -2.21. The topological polar surface area (TPSA) is 51.1 Å². The predicted octanol–water partition coefficient (Wildman–Crippen LogP) is 2.32. The van der Waals surface area contributed by atoms with Crippen molar-refractivity contribution in [1.82, 2.24) is 15.0 Å². The molecule has 5 heteroatoms. The molecule has 21 heavy (non-hydrogen) atoms. The fourth-order valence-electron chi connectivity index (χ4n) is 2.84. The highest BCUT2D eigenvalue weighted by atomic mass is 16.5. The van der Waals surface area contributed by atoms with Gasteiger partial charge in [0.2, 0.25) is 0 Å². The van der Waals surface area contributed by atoms with Crippen LogP contribution in [0.1, 0.15) is 29.4 Å². The van der Waals surface area contributed by atoms with Crippen LogP contribution in [0.15, 0.2) is 30.6 Å². The van der Waals surface area contributed by atoms with Crippen LogP contribution in [0.3, 0.4) is 0 Å². The van der Waals surface area contributed by atoms with E-state index >= 15 is 0 Å². The van der Waals surface area contributed by atoms with E-state index in [1.807, 2.05) is 25.4 Å². The number of hydrogen-bond donors (Lipinski definition) is 0. The number of anilines is 1. The quantitative estimate of drug-likeness (QED) is 0.862. The van der Waals surface area contributed by atoms with Gasteiger partial charge in [-0.2, -0.15) is 0 Å². The Bertz CT molecular complexity index is 602. The minimum absolute atomic E-state index is 0.455. The van der Waals surface area contributed by atoms with E-state index in [1.165, 1.54) is 5.56 Å². The Labute approximate surface area is 125 Å². The Kier molecular flexibility index (Phi) is 4.10. The maximum absolute atomic E-state index is 5.14. The summed E-state index contributed by atoms with van der Waals surface area (Å²) in [5.41, 5.74) is 2.34. The van der Waals surface area contributed by atoms with E-state index in [-0.39, 0.29) is 0 Å². The zero-order chi connectivity index (χ0) is 14.7. The van der Waals surface area contributed by atoms with E-state index < -0.39 is 0 Å². The van der Waals surface area contributed by atoms with Crippen molar-refractivity contribution in [2.75, 3.05) is 25.1 Å². The second-order valence-electron chi connectivity index (χ2n) is 5.43. The largest absolute Gasteiger partial charge is 0.377 e. The maximum Gasteiger partial charge on any atom is 0.156 e. The third-order valence-electron chi connectivity index (χ3n) is 3.85. The van der Waals surface area contributed by atoms with Gasteiger partial charge in [-0.05, 0) is 31.0 Å². The molecule has 0 saturated carbocycles. The number of nitrogens with zero attached hydrogens (tertiary/aromatic N) is 4. The SMILES string of the molecule is COCc1nc(C)cc(N2CCC(c3ccncc3)C2)n1. The van der Waals surface area contributed by atoms with E-state index in [9.17, 15) is 0 Å². The van der Waals surface area contributed by atoms with Crippen LogP contribution in [0, 0.1) is 6.92 Å². The number of pyridine rings is 1. The molecule has 1 fully saturated rings. The maximum atomic E-state index is 5.14. The van der Waals surface area contributed by atoms with E-state index in [0.29, 0.717) is 12.5 Å². The van der Waals surface area contributed by atoms with Crippen LogP contribution in [0.4, 0.5) is 5.82 Å². The average molecular weight is 284 g/mol. The van der Waals surface area contributed by atoms with E-state index in [2.05, 4.69) is 32.0 Å². The lowest BCUT2D eigenvalue weighted by atomic mass is 10.00. The standard InChI is InChI=1S/C16H20N4O/c1-12-9-16(19-15(18-12)11-21-2)20-8-5-14(10-20)13-3-6-17-7-4-13/h3-4,6-7,9,14H,5,8,10-11H2,1-2H3. The molecule has 1 unspecified atom stereocenters. The van der Waals surface area contributed by atoms with Crippen LogP contribution in [-0.2, 0) is 11.3 Å². The van der Waals surface area contributed by atoms with Crippen LogP contribution in [0.2, 0.25) is 0 Å². The molecule has 1 atom stereocenters. The van der Waals surface area contributed by atoms with Gasteiger partial charge in [-0.1, -0.05) is 0 Å². The van der Waals surface area contributed by atoms with Crippen molar-refractivity contribution in [2.24, 2.45) is 0 Å². The smallest absolute Gasteiger partial charge is 0.156 e. The normalized spacial score (nSPS) is 18.2. The fourth-order valence-corrected chi connectivity index (χ4v) is 2.84. The third-order valence-corrected chi connectivity index (χ3v) is 3.85. The van der Waals surface area contributed by atoms with Gasteiger partial charge in [0.15, 0.2) is 5.82 Å². The number of aromatic nitrogens is 3. The van der Waals surface area contributed by atoms with E-state index in [1.54, 1.807) is 7.11 Å². The number of ether oxygens (including phenoxy) is 1. The van der Waals surface area contributed by atoms with Crippen molar-refractivity contribution >= 4 is 5.82 Å². The highest BCUT2D eigenvalue weighted by Gasteiger charge is 2.25. The van der Waals surface area contributed by atoms with Crippen LogP contribution in [0.25, 0.3) is 0 Å². The molecule has 0 radical (unpaired) electrons. The summed E-state index contributed by atoms with van der Waals surface area (Å²) in [5, 5.41) is 0. The summed E-state index contributed by atoms with van der Waals surface area (Å²) in [5.74, 6) is 2.31. The van der Waals surface area contributed by atoms with Gasteiger partial charge >= 0.3 is 0 Å². The molecule has 0 aromatic carbocycles. The van der Waals surface area contributed by atoms with Crippen LogP contribution in [-0.4, -0.2) is 35.2 Å². The van der Waals surface area contributed by atoms with Crippen molar-refractivity contribution in [3.63, 3.8) is 0 Å². The van der Waals surface area contributed by atoms with Gasteiger partial charge in [-0.3, -0.25) is 4.98 Å². The second kappa shape index (κ2) is 6.18. The van der Waals surface area contributed by atoms with Crippen molar-refractivity contribution in [2.45, 2.75) is 25.9 Å². The van der Waals surface area contributed by atoms with Crippen molar-refractivity contribution < 1.29 is 4.74 Å². The minimum atomic E-state index is 0.455. The number of hydrogen-bond acceptors (Lipinski definition) is 5. The predicted molar refractivity (Wildman–Crippen MR) is 81.3 cm³/mol. The van der Waals surface area contributed by atoms with E-state index in [4.69, 9.17) is 4.74 Å². The Morgan fingerprint density at radius 2 is 2.10 bits per heavy atom. The van der Waals surface area contributed by atoms with Crippen molar-refractivity contribution in [3.8, 4) is 0 Å². The Morgan fingerprint density at radius 3 is 2.86 bits per heavy atom. The molecule has 0 amide bonds. The van der Waals surface area contributed by atoms with Crippen LogP contribution < -0.4 is 4.90 Å². The molecular weight excluding hydrogens is 264 g/mol. The molecule has 1 aliphatic heterocycles. The summed E-state index contributed by atoms with van der Waals surface area (Å²) in [4.78, 5) is 15.4. The molecule has 1 aliphatic rings. The van der Waals surface area contributed by atoms with Gasteiger partial charge in [0, 0.05) is 50.3 Å². The van der Waals surface area contributed by atoms with Gasteiger partial charge in [0.25, 0.3) is 0 Å². The first-order valence-corrected chi connectivity index (χ1v) is 7.24. The van der Waals surface area contributed by atoms with Gasteiger partial charge < -0.3 is 9.64 Å². The first-order chi connectivity index (χ1) is 10.3. The van der Waals surface area contributed by atoms with Gasteiger partial charge in [0.05, 0.1) is 0 Å². The lowest BCUT2D eigenvalue weighted by molar-refractivity contribution is 0.177. The number of rotatable bonds is 4. The molecule has 3 rings (SSSR count). The summed E-state index contributed by atoms with van der Waals surface area (Å²) in [6.07, 6.45) is 4.87. The van der Waals surface area contributed by atoms with Crippen molar-refractivity contribution in [3.05, 3.63) is 47.7 Å². The van der Waals surface area contributed by atoms with Crippen LogP contribution >= 0.6 is 0 Å². The lowest BCUT2D eigenvalue weighted by Gasteiger charge is -2.18. The monoisotopic (exact) mass is 284 g/mol. The summed E-state index contributed by atoms with van der Waals surface area (Å²) >= 11 is 0. The molecule has 1 saturated heterocycles. The molecule has 0 spiro atoms. The van der Waals surface area contributed by atoms with E-state index in [0.717, 1.165) is 36.8 Å². The highest BCUT2D eigenvalue weighted by molar-refractivity contribution is 5.42. The van der Waals surface area contributed by atoms with Gasteiger partial charge in [-0.25, -0.2) is 9.97 Å². The summed E-state index contributed by atoms with van der Waals surface area (Å²) in [7, 11) is 1.67. The summed E-state index contributed by atoms with van der Waals surface area (Å²) in [6.45, 7) is 4.47. The van der Waals surface area contributed by atoms with Crippen LogP contribution in [0.5, 0.6) is 0 Å². The minimum Gasteiger partial charge on any atom is -0.377 e. The first kappa shape index (κ1) is 13.9. The fraction of sp³-hybridized carbons (Fsp3) is 0.438. The molecule has 5 nitrogen and oxygen atoms in total. The molecule has 0 aliphatic carbocycles. The molecular formula is C16H20N4O. The average Bonchev–Trinajstić information content (AvgIpc) is 2.98. The molecule has 110 valence electrons. The highest BCUT2D eigenvalue weighted by Crippen LogP contribution is 2.29. The van der Waals surface area contributed by atoms with Gasteiger partial charge in [0.1, 0.15) is 12.4 Å². The number of aryl methyl sites for hydroxylation is 1. The Balaban J connectivity index is 1.77.